The van der Waals surface area contributed by atoms with Crippen LogP contribution < -0.4 is 5.32 Å². The molecule has 2 heterocycles. The van der Waals surface area contributed by atoms with Gasteiger partial charge in [-0.15, -0.1) is 0 Å². The highest BCUT2D eigenvalue weighted by Gasteiger charge is 2.48. The zero-order valence-electron chi connectivity index (χ0n) is 11.5. The van der Waals surface area contributed by atoms with E-state index < -0.39 is 11.4 Å². The number of fused-ring (bicyclic) bond motifs is 1. The Morgan fingerprint density at radius 1 is 1.33 bits per heavy atom. The Kier molecular flexibility index (Phi) is 2.80. The lowest BCUT2D eigenvalue weighted by Gasteiger charge is -2.39. The van der Waals surface area contributed by atoms with Gasteiger partial charge in [0.15, 0.2) is 0 Å². The summed E-state index contributed by atoms with van der Waals surface area (Å²) in [7, 11) is 0. The van der Waals surface area contributed by atoms with Crippen molar-refractivity contribution in [3.05, 3.63) is 34.9 Å². The minimum atomic E-state index is -1.03. The monoisotopic (exact) mass is 283 g/mol. The summed E-state index contributed by atoms with van der Waals surface area (Å²) in [6.07, 6.45) is 0.522. The molecule has 21 heavy (non-hydrogen) atoms. The Bertz CT molecular complexity index is 719. The van der Waals surface area contributed by atoms with Gasteiger partial charge in [0.2, 0.25) is 5.91 Å². The molecular weight excluding hydrogens is 270 g/mol. The summed E-state index contributed by atoms with van der Waals surface area (Å²) in [6, 6.07) is 6.91. The molecule has 6 nitrogen and oxygen atoms in total. The van der Waals surface area contributed by atoms with Crippen molar-refractivity contribution in [1.82, 2.24) is 10.2 Å². The summed E-state index contributed by atoms with van der Waals surface area (Å²) in [4.78, 5) is 37.4. The Morgan fingerprint density at radius 3 is 2.76 bits per heavy atom. The van der Waals surface area contributed by atoms with Crippen molar-refractivity contribution in [2.24, 2.45) is 0 Å². The van der Waals surface area contributed by atoms with Crippen molar-refractivity contribution in [3.63, 3.8) is 0 Å². The summed E-state index contributed by atoms with van der Waals surface area (Å²) in [6.45, 7) is 1.95. The van der Waals surface area contributed by atoms with Gasteiger partial charge in [0, 0.05) is 18.5 Å². The van der Waals surface area contributed by atoms with E-state index in [1.807, 2.05) is 6.07 Å². The fraction of sp³-hybridized carbons (Fsp3) is 0.333. The highest BCUT2D eigenvalue weighted by molar-refractivity contribution is 6.07. The van der Waals surface area contributed by atoms with Gasteiger partial charge in [0.1, 0.15) is 5.54 Å². The minimum Gasteiger partial charge on any atom is -0.320 e. The van der Waals surface area contributed by atoms with Crippen LogP contribution in [0.25, 0.3) is 0 Å². The number of imide groups is 1. The van der Waals surface area contributed by atoms with Gasteiger partial charge in [-0.05, 0) is 37.1 Å². The maximum Gasteiger partial charge on any atom is 0.255 e. The van der Waals surface area contributed by atoms with Gasteiger partial charge in [-0.3, -0.25) is 19.7 Å². The molecule has 1 fully saturated rings. The number of benzene rings is 1. The van der Waals surface area contributed by atoms with Gasteiger partial charge in [0.25, 0.3) is 11.8 Å². The van der Waals surface area contributed by atoms with Crippen LogP contribution in [-0.4, -0.2) is 28.2 Å². The standard InChI is InChI=1S/C15H13N3O3/c1-15(5-4-12(19)17-14(15)21)18-8-10-6-9(7-16)2-3-11(10)13(18)20/h2-3,6H,4-5,8H2,1H3,(H,17,19,21)/t15-/m1/s1. The lowest BCUT2D eigenvalue weighted by molar-refractivity contribution is -0.142. The predicted molar refractivity (Wildman–Crippen MR) is 71.8 cm³/mol. The number of rotatable bonds is 1. The minimum absolute atomic E-state index is 0.214. The fourth-order valence-electron chi connectivity index (χ4n) is 2.84. The molecule has 1 N–H and O–H groups in total. The summed E-state index contributed by atoms with van der Waals surface area (Å²) < 4.78 is 0. The van der Waals surface area contributed by atoms with Crippen molar-refractivity contribution in [2.75, 3.05) is 0 Å². The van der Waals surface area contributed by atoms with Crippen LogP contribution in [0.5, 0.6) is 0 Å². The molecule has 0 bridgehead atoms. The van der Waals surface area contributed by atoms with Crippen molar-refractivity contribution < 1.29 is 14.4 Å². The zero-order valence-corrected chi connectivity index (χ0v) is 11.5. The number of piperidine rings is 1. The molecule has 2 aliphatic heterocycles. The third kappa shape index (κ3) is 1.89. The van der Waals surface area contributed by atoms with Crippen molar-refractivity contribution in [3.8, 4) is 6.07 Å². The summed E-state index contributed by atoms with van der Waals surface area (Å²) in [5, 5.41) is 11.2. The van der Waals surface area contributed by atoms with Crippen molar-refractivity contribution in [1.29, 1.82) is 5.26 Å². The number of carbonyl (C=O) groups excluding carboxylic acids is 3. The molecule has 1 atom stereocenters. The van der Waals surface area contributed by atoms with Gasteiger partial charge in [0.05, 0.1) is 11.6 Å². The fourth-order valence-corrected chi connectivity index (χ4v) is 2.84. The Balaban J connectivity index is 1.96. The van der Waals surface area contributed by atoms with Crippen LogP contribution in [0.1, 0.15) is 41.3 Å². The summed E-state index contributed by atoms with van der Waals surface area (Å²) in [5.74, 6) is -0.990. The van der Waals surface area contributed by atoms with E-state index in [0.717, 1.165) is 5.56 Å². The molecule has 1 aromatic rings. The van der Waals surface area contributed by atoms with Crippen molar-refractivity contribution in [2.45, 2.75) is 31.8 Å². The molecule has 6 heteroatoms. The van der Waals surface area contributed by atoms with E-state index in [9.17, 15) is 14.4 Å². The Labute approximate surface area is 121 Å². The van der Waals surface area contributed by atoms with Gasteiger partial charge >= 0.3 is 0 Å². The van der Waals surface area contributed by atoms with Crippen molar-refractivity contribution >= 4 is 17.7 Å². The molecular formula is C15H13N3O3. The van der Waals surface area contributed by atoms with E-state index in [4.69, 9.17) is 5.26 Å². The highest BCUT2D eigenvalue weighted by atomic mass is 16.2. The largest absolute Gasteiger partial charge is 0.320 e. The smallest absolute Gasteiger partial charge is 0.255 e. The lowest BCUT2D eigenvalue weighted by Crippen LogP contribution is -2.61. The maximum absolute atomic E-state index is 12.5. The van der Waals surface area contributed by atoms with Gasteiger partial charge in [-0.2, -0.15) is 5.26 Å². The molecule has 0 saturated carbocycles. The maximum atomic E-state index is 12.5. The third-order valence-electron chi connectivity index (χ3n) is 4.22. The number of nitrogens with one attached hydrogen (secondary N) is 1. The first-order chi connectivity index (χ1) is 9.95. The van der Waals surface area contributed by atoms with E-state index in [2.05, 4.69) is 5.32 Å². The summed E-state index contributed by atoms with van der Waals surface area (Å²) >= 11 is 0. The first kappa shape index (κ1) is 13.3. The topological polar surface area (TPSA) is 90.3 Å². The van der Waals surface area contributed by atoms with Crippen LogP contribution in [-0.2, 0) is 16.1 Å². The molecule has 2 aliphatic rings. The molecule has 0 aromatic heterocycles. The average molecular weight is 283 g/mol. The number of hydrogen-bond acceptors (Lipinski definition) is 4. The highest BCUT2D eigenvalue weighted by Crippen LogP contribution is 2.34. The lowest BCUT2D eigenvalue weighted by atomic mass is 9.89. The second kappa shape index (κ2) is 4.42. The van der Waals surface area contributed by atoms with Crippen LogP contribution in [0.15, 0.2) is 18.2 Å². The van der Waals surface area contributed by atoms with Crippen LogP contribution in [0, 0.1) is 11.3 Å². The first-order valence-electron chi connectivity index (χ1n) is 6.65. The Hall–Kier alpha value is -2.68. The molecule has 1 saturated heterocycles. The SMILES string of the molecule is C[C@@]1(N2Cc3cc(C#N)ccc3C2=O)CCC(=O)NC1=O. The number of amides is 3. The molecule has 3 rings (SSSR count). The molecule has 0 unspecified atom stereocenters. The average Bonchev–Trinajstić information content (AvgIpc) is 2.80. The first-order valence-corrected chi connectivity index (χ1v) is 6.65. The molecule has 0 spiro atoms. The van der Waals surface area contributed by atoms with E-state index >= 15 is 0 Å². The molecule has 3 amide bonds. The van der Waals surface area contributed by atoms with E-state index in [1.54, 1.807) is 25.1 Å². The molecule has 106 valence electrons. The van der Waals surface area contributed by atoms with Crippen LogP contribution in [0.3, 0.4) is 0 Å². The summed E-state index contributed by atoms with van der Waals surface area (Å²) in [5.41, 5.74) is 0.707. The zero-order chi connectivity index (χ0) is 15.2. The number of nitrogens with zero attached hydrogens (tertiary/aromatic N) is 2. The van der Waals surface area contributed by atoms with Gasteiger partial charge in [-0.1, -0.05) is 0 Å². The molecule has 0 aliphatic carbocycles. The van der Waals surface area contributed by atoms with Gasteiger partial charge in [-0.25, -0.2) is 0 Å². The van der Waals surface area contributed by atoms with E-state index in [0.29, 0.717) is 17.5 Å². The normalized spacial score (nSPS) is 24.6. The van der Waals surface area contributed by atoms with Gasteiger partial charge < -0.3 is 4.90 Å². The second-order valence-corrected chi connectivity index (χ2v) is 5.53. The number of carbonyl (C=O) groups is 3. The molecule has 0 radical (unpaired) electrons. The third-order valence-corrected chi connectivity index (χ3v) is 4.22. The quantitative estimate of drug-likeness (QED) is 0.768. The van der Waals surface area contributed by atoms with Crippen LogP contribution >= 0.6 is 0 Å². The van der Waals surface area contributed by atoms with Crippen LogP contribution in [0.4, 0.5) is 0 Å². The Morgan fingerprint density at radius 2 is 2.10 bits per heavy atom. The van der Waals surface area contributed by atoms with E-state index in [1.165, 1.54) is 4.90 Å². The number of nitriles is 1. The van der Waals surface area contributed by atoms with E-state index in [-0.39, 0.29) is 24.8 Å². The van der Waals surface area contributed by atoms with Crippen LogP contribution in [0.2, 0.25) is 0 Å². The molecule has 1 aromatic carbocycles. The predicted octanol–water partition coefficient (Wildman–Crippen LogP) is 0.709. The second-order valence-electron chi connectivity index (χ2n) is 5.53. The number of hydrogen-bond donors (Lipinski definition) is 1.